The number of nitrogens with zero attached hydrogens (tertiary/aromatic N) is 6. The van der Waals surface area contributed by atoms with Gasteiger partial charge in [0.05, 0.1) is 12.2 Å². The van der Waals surface area contributed by atoms with Crippen LogP contribution >= 0.6 is 0 Å². The molecule has 1 atom stereocenters. The van der Waals surface area contributed by atoms with Crippen molar-refractivity contribution < 1.29 is 0 Å². The van der Waals surface area contributed by atoms with Crippen molar-refractivity contribution in [3.8, 4) is 6.07 Å². The Hall–Kier alpha value is -2.79. The molecule has 1 saturated heterocycles. The van der Waals surface area contributed by atoms with Crippen molar-refractivity contribution in [1.82, 2.24) is 24.6 Å². The smallest absolute Gasteiger partial charge is 0.266 e. The first kappa shape index (κ1) is 20.9. The highest BCUT2D eigenvalue weighted by molar-refractivity contribution is 5.46. The van der Waals surface area contributed by atoms with E-state index in [9.17, 15) is 10.1 Å². The molecule has 3 heterocycles. The largest absolute Gasteiger partial charge is 0.366 e. The van der Waals surface area contributed by atoms with E-state index in [-0.39, 0.29) is 11.0 Å². The highest BCUT2D eigenvalue weighted by atomic mass is 16.1. The molecule has 0 amide bonds. The highest BCUT2D eigenvalue weighted by Crippen LogP contribution is 2.19. The number of rotatable bonds is 6. The summed E-state index contributed by atoms with van der Waals surface area (Å²) in [6.45, 7) is 9.30. The summed E-state index contributed by atoms with van der Waals surface area (Å²) in [5, 5.41) is 17.0. The van der Waals surface area contributed by atoms with E-state index in [1.807, 2.05) is 6.07 Å². The summed E-state index contributed by atoms with van der Waals surface area (Å²) in [6, 6.07) is 5.82. The number of nitrogens with one attached hydrogen (secondary N) is 1. The van der Waals surface area contributed by atoms with Crippen LogP contribution in [0.2, 0.25) is 0 Å². The van der Waals surface area contributed by atoms with Crippen molar-refractivity contribution in [1.29, 1.82) is 5.26 Å². The minimum Gasteiger partial charge on any atom is -0.366 e. The topological polar surface area (TPSA) is 99.7 Å². The van der Waals surface area contributed by atoms with Crippen LogP contribution in [-0.2, 0) is 12.0 Å². The molecular formula is C21H29N7O. The first-order valence-electron chi connectivity index (χ1n) is 10.2. The van der Waals surface area contributed by atoms with E-state index in [0.717, 1.165) is 31.6 Å². The average Bonchev–Trinajstić information content (AvgIpc) is 2.71. The van der Waals surface area contributed by atoms with Gasteiger partial charge in [-0.2, -0.15) is 10.4 Å². The van der Waals surface area contributed by atoms with Crippen LogP contribution in [0.1, 0.15) is 51.4 Å². The molecule has 1 unspecified atom stereocenters. The van der Waals surface area contributed by atoms with E-state index in [0.29, 0.717) is 30.6 Å². The number of hydrogen-bond acceptors (Lipinski definition) is 7. The van der Waals surface area contributed by atoms with E-state index >= 15 is 0 Å². The van der Waals surface area contributed by atoms with Gasteiger partial charge in [-0.25, -0.2) is 14.6 Å². The molecule has 1 N–H and O–H groups in total. The lowest BCUT2D eigenvalue weighted by molar-refractivity contribution is 0.147. The minimum atomic E-state index is -0.0950. The Morgan fingerprint density at radius 3 is 2.76 bits per heavy atom. The maximum absolute atomic E-state index is 12.3. The second kappa shape index (κ2) is 9.14. The predicted octanol–water partition coefficient (Wildman–Crippen LogP) is 2.17. The minimum absolute atomic E-state index is 0.0668. The molecule has 0 bridgehead atoms. The molecule has 154 valence electrons. The fraction of sp³-hybridized carbons (Fsp3) is 0.571. The lowest BCUT2D eigenvalue weighted by atomic mass is 9.92. The molecule has 0 radical (unpaired) electrons. The van der Waals surface area contributed by atoms with Crippen molar-refractivity contribution >= 4 is 5.82 Å². The third-order valence-electron chi connectivity index (χ3n) is 5.29. The molecule has 2 aromatic heterocycles. The molecule has 8 nitrogen and oxygen atoms in total. The first-order valence-corrected chi connectivity index (χ1v) is 10.2. The Bertz CT molecular complexity index is 926. The van der Waals surface area contributed by atoms with Crippen LogP contribution in [-0.4, -0.2) is 50.3 Å². The predicted molar refractivity (Wildman–Crippen MR) is 112 cm³/mol. The number of aromatic nitrogens is 4. The van der Waals surface area contributed by atoms with E-state index in [4.69, 9.17) is 0 Å². The van der Waals surface area contributed by atoms with Crippen molar-refractivity contribution in [2.75, 3.05) is 25.0 Å². The molecule has 1 fully saturated rings. The van der Waals surface area contributed by atoms with Crippen LogP contribution in [0.3, 0.4) is 0 Å². The van der Waals surface area contributed by atoms with Crippen LogP contribution < -0.4 is 10.9 Å². The Labute approximate surface area is 171 Å². The van der Waals surface area contributed by atoms with Crippen molar-refractivity contribution in [3.05, 3.63) is 46.3 Å². The number of anilines is 1. The number of nitriles is 1. The highest BCUT2D eigenvalue weighted by Gasteiger charge is 2.23. The Balaban J connectivity index is 1.65. The maximum Gasteiger partial charge on any atom is 0.266 e. The molecule has 8 heteroatoms. The van der Waals surface area contributed by atoms with Gasteiger partial charge in [-0.15, -0.1) is 0 Å². The van der Waals surface area contributed by atoms with Crippen LogP contribution in [0.4, 0.5) is 5.82 Å². The van der Waals surface area contributed by atoms with Gasteiger partial charge in [0.15, 0.2) is 11.5 Å². The maximum atomic E-state index is 12.3. The van der Waals surface area contributed by atoms with E-state index in [1.165, 1.54) is 12.6 Å². The lowest BCUT2D eigenvalue weighted by Gasteiger charge is -2.36. The average molecular weight is 396 g/mol. The van der Waals surface area contributed by atoms with E-state index < -0.39 is 0 Å². The Morgan fingerprint density at radius 1 is 1.21 bits per heavy atom. The summed E-state index contributed by atoms with van der Waals surface area (Å²) in [5.74, 6) is 0.524. The summed E-state index contributed by atoms with van der Waals surface area (Å²) >= 11 is 0. The summed E-state index contributed by atoms with van der Waals surface area (Å²) in [5.41, 5.74) is 1.07. The Morgan fingerprint density at radius 2 is 2.00 bits per heavy atom. The summed E-state index contributed by atoms with van der Waals surface area (Å²) in [7, 11) is 0. The van der Waals surface area contributed by atoms with Crippen LogP contribution in [0.25, 0.3) is 0 Å². The van der Waals surface area contributed by atoms with Gasteiger partial charge in [0.25, 0.3) is 5.56 Å². The van der Waals surface area contributed by atoms with Gasteiger partial charge in [-0.05, 0) is 25.5 Å². The molecule has 0 aliphatic carbocycles. The third-order valence-corrected chi connectivity index (χ3v) is 5.29. The second-order valence-corrected chi connectivity index (χ2v) is 8.46. The third kappa shape index (κ3) is 5.39. The van der Waals surface area contributed by atoms with Gasteiger partial charge in [0.1, 0.15) is 6.07 Å². The molecule has 2 aromatic rings. The molecule has 3 rings (SSSR count). The second-order valence-electron chi connectivity index (χ2n) is 8.46. The van der Waals surface area contributed by atoms with Crippen LogP contribution in [0, 0.1) is 11.3 Å². The van der Waals surface area contributed by atoms with Gasteiger partial charge in [0.2, 0.25) is 0 Å². The number of likely N-dealkylation sites (tertiary alicyclic amines) is 1. The fourth-order valence-electron chi connectivity index (χ4n) is 3.58. The molecule has 0 saturated carbocycles. The van der Waals surface area contributed by atoms with Crippen molar-refractivity contribution in [3.63, 3.8) is 0 Å². The monoisotopic (exact) mass is 395 g/mol. The first-order chi connectivity index (χ1) is 13.9. The van der Waals surface area contributed by atoms with Gasteiger partial charge in [0, 0.05) is 43.0 Å². The summed E-state index contributed by atoms with van der Waals surface area (Å²) in [4.78, 5) is 22.9. The number of piperidine rings is 1. The van der Waals surface area contributed by atoms with Crippen LogP contribution in [0.5, 0.6) is 0 Å². The molecule has 0 aromatic carbocycles. The standard InChI is InChI=1S/C21H29N7O/c1-21(2,3)18-7-8-19(29)28(26-18)13-12-27-11-5-4-6-16(27)15-25-20-17(14-22)23-9-10-24-20/h7-10,16H,4-6,11-13,15H2,1-3H3,(H,24,25). The SMILES string of the molecule is CC(C)(C)c1ccc(=O)n(CCN2CCCCC2CNc2nccnc2C#N)n1. The lowest BCUT2D eigenvalue weighted by Crippen LogP contribution is -2.46. The normalized spacial score (nSPS) is 17.7. The molecule has 29 heavy (non-hydrogen) atoms. The zero-order chi connectivity index (χ0) is 20.9. The van der Waals surface area contributed by atoms with Gasteiger partial charge in [-0.3, -0.25) is 9.69 Å². The zero-order valence-corrected chi connectivity index (χ0v) is 17.4. The van der Waals surface area contributed by atoms with E-state index in [1.54, 1.807) is 16.9 Å². The van der Waals surface area contributed by atoms with Gasteiger partial charge in [-0.1, -0.05) is 27.2 Å². The molecular weight excluding hydrogens is 366 g/mol. The van der Waals surface area contributed by atoms with Crippen molar-refractivity contribution in [2.45, 2.75) is 58.0 Å². The number of hydrogen-bond donors (Lipinski definition) is 1. The summed E-state index contributed by atoms with van der Waals surface area (Å²) in [6.07, 6.45) is 6.50. The molecule has 0 spiro atoms. The Kier molecular flexibility index (Phi) is 6.60. The fourth-order valence-corrected chi connectivity index (χ4v) is 3.58. The van der Waals surface area contributed by atoms with Gasteiger partial charge >= 0.3 is 0 Å². The zero-order valence-electron chi connectivity index (χ0n) is 17.4. The molecule has 1 aliphatic rings. The quantitative estimate of drug-likeness (QED) is 0.800. The van der Waals surface area contributed by atoms with Crippen LogP contribution in [0.15, 0.2) is 29.3 Å². The van der Waals surface area contributed by atoms with E-state index in [2.05, 4.69) is 52.1 Å². The molecule has 1 aliphatic heterocycles. The summed E-state index contributed by atoms with van der Waals surface area (Å²) < 4.78 is 1.58. The van der Waals surface area contributed by atoms with Gasteiger partial charge < -0.3 is 5.32 Å². The van der Waals surface area contributed by atoms with Crippen molar-refractivity contribution in [2.24, 2.45) is 0 Å².